The first kappa shape index (κ1) is 11.1. The van der Waals surface area contributed by atoms with Crippen molar-refractivity contribution in [2.24, 2.45) is 0 Å². The van der Waals surface area contributed by atoms with Crippen molar-refractivity contribution in [3.8, 4) is 11.8 Å². The molecule has 0 unspecified atom stereocenters. The average molecular weight is 205 g/mol. The number of ether oxygens (including phenoxy) is 1. The molecule has 0 amide bonds. The van der Waals surface area contributed by atoms with E-state index < -0.39 is 11.9 Å². The molecule has 78 valence electrons. The number of hydrogen-bond acceptors (Lipinski definition) is 3. The Hall–Kier alpha value is -2.02. The van der Waals surface area contributed by atoms with Crippen molar-refractivity contribution in [1.82, 2.24) is 0 Å². The third-order valence-electron chi connectivity index (χ3n) is 2.22. The summed E-state index contributed by atoms with van der Waals surface area (Å²) < 4.78 is 4.99. The van der Waals surface area contributed by atoms with Gasteiger partial charge in [-0.3, -0.25) is 4.79 Å². The number of nitrogens with zero attached hydrogens (tertiary/aromatic N) is 1. The molecule has 1 aromatic rings. The minimum absolute atomic E-state index is 0.402. The molecule has 1 atom stereocenters. The van der Waals surface area contributed by atoms with E-state index in [4.69, 9.17) is 15.1 Å². The summed E-state index contributed by atoms with van der Waals surface area (Å²) in [7, 11) is 1.45. The van der Waals surface area contributed by atoms with Gasteiger partial charge in [0.1, 0.15) is 11.8 Å². The maximum absolute atomic E-state index is 10.7. The molecule has 0 saturated heterocycles. The fourth-order valence-electron chi connectivity index (χ4n) is 1.21. The summed E-state index contributed by atoms with van der Waals surface area (Å²) in [6, 6.07) is 6.74. The van der Waals surface area contributed by atoms with E-state index in [1.807, 2.05) is 6.07 Å². The predicted molar refractivity (Wildman–Crippen MR) is 53.8 cm³/mol. The first-order valence-corrected chi connectivity index (χ1v) is 4.41. The summed E-state index contributed by atoms with van der Waals surface area (Å²) in [6.07, 6.45) is 0. The number of benzene rings is 1. The van der Waals surface area contributed by atoms with E-state index in [1.54, 1.807) is 25.1 Å². The first-order chi connectivity index (χ1) is 7.10. The maximum Gasteiger partial charge on any atom is 0.310 e. The molecule has 1 aromatic carbocycles. The number of methoxy groups -OCH3 is 1. The van der Waals surface area contributed by atoms with Crippen molar-refractivity contribution in [1.29, 1.82) is 5.26 Å². The second-order valence-electron chi connectivity index (χ2n) is 3.13. The zero-order valence-corrected chi connectivity index (χ0v) is 8.52. The lowest BCUT2D eigenvalue weighted by Gasteiger charge is -2.09. The quantitative estimate of drug-likeness (QED) is 0.816. The molecule has 0 spiro atoms. The average Bonchev–Trinajstić information content (AvgIpc) is 2.26. The molecule has 4 heteroatoms. The van der Waals surface area contributed by atoms with Gasteiger partial charge in [-0.1, -0.05) is 6.07 Å². The van der Waals surface area contributed by atoms with E-state index in [9.17, 15) is 4.79 Å². The van der Waals surface area contributed by atoms with E-state index in [1.165, 1.54) is 7.11 Å². The highest BCUT2D eigenvalue weighted by molar-refractivity contribution is 5.75. The Bertz CT molecular complexity index is 420. The molecule has 15 heavy (non-hydrogen) atoms. The van der Waals surface area contributed by atoms with Crippen molar-refractivity contribution in [2.75, 3.05) is 7.11 Å². The van der Waals surface area contributed by atoms with Crippen LogP contribution in [0.3, 0.4) is 0 Å². The molecule has 0 saturated carbocycles. The smallest absolute Gasteiger partial charge is 0.310 e. The molecule has 1 rings (SSSR count). The molecule has 0 aliphatic heterocycles. The van der Waals surface area contributed by atoms with Gasteiger partial charge in [0.15, 0.2) is 0 Å². The van der Waals surface area contributed by atoms with Crippen molar-refractivity contribution in [3.63, 3.8) is 0 Å². The molecule has 0 aliphatic carbocycles. The van der Waals surface area contributed by atoms with E-state index in [0.717, 1.165) is 0 Å². The second-order valence-corrected chi connectivity index (χ2v) is 3.13. The topological polar surface area (TPSA) is 70.3 Å². The van der Waals surface area contributed by atoms with Gasteiger partial charge in [0, 0.05) is 0 Å². The monoisotopic (exact) mass is 205 g/mol. The number of carboxylic acids is 1. The summed E-state index contributed by atoms with van der Waals surface area (Å²) in [5, 5.41) is 17.6. The normalized spacial score (nSPS) is 11.5. The summed E-state index contributed by atoms with van der Waals surface area (Å²) in [6.45, 7) is 1.59. The minimum atomic E-state index is -0.901. The zero-order chi connectivity index (χ0) is 11.4. The molecule has 0 bridgehead atoms. The van der Waals surface area contributed by atoms with Crippen LogP contribution in [0.4, 0.5) is 0 Å². The SMILES string of the molecule is COc1cc([C@H](C)C(=O)O)ccc1C#N. The molecular formula is C11H11NO3. The van der Waals surface area contributed by atoms with Gasteiger partial charge >= 0.3 is 5.97 Å². The second kappa shape index (κ2) is 4.47. The number of aliphatic carboxylic acids is 1. The van der Waals surface area contributed by atoms with Crippen LogP contribution in [0, 0.1) is 11.3 Å². The van der Waals surface area contributed by atoms with Crippen molar-refractivity contribution >= 4 is 5.97 Å². The molecular weight excluding hydrogens is 194 g/mol. The zero-order valence-electron chi connectivity index (χ0n) is 8.52. The summed E-state index contributed by atoms with van der Waals surface area (Å²) in [5.41, 5.74) is 1.03. The largest absolute Gasteiger partial charge is 0.495 e. The van der Waals surface area contributed by atoms with Crippen molar-refractivity contribution in [2.45, 2.75) is 12.8 Å². The highest BCUT2D eigenvalue weighted by atomic mass is 16.5. The van der Waals surface area contributed by atoms with Crippen LogP contribution in [0.25, 0.3) is 0 Å². The van der Waals surface area contributed by atoms with Crippen LogP contribution in [0.5, 0.6) is 5.75 Å². The number of nitriles is 1. The minimum Gasteiger partial charge on any atom is -0.495 e. The maximum atomic E-state index is 10.7. The fourth-order valence-corrected chi connectivity index (χ4v) is 1.21. The highest BCUT2D eigenvalue weighted by Gasteiger charge is 2.15. The van der Waals surface area contributed by atoms with E-state index >= 15 is 0 Å². The van der Waals surface area contributed by atoms with Crippen LogP contribution >= 0.6 is 0 Å². The van der Waals surface area contributed by atoms with E-state index in [2.05, 4.69) is 0 Å². The Morgan fingerprint density at radius 2 is 2.27 bits per heavy atom. The Labute approximate surface area is 87.7 Å². The van der Waals surface area contributed by atoms with Gasteiger partial charge < -0.3 is 9.84 Å². The van der Waals surface area contributed by atoms with Gasteiger partial charge in [-0.05, 0) is 24.6 Å². The number of carboxylic acid groups (broad SMARTS) is 1. The molecule has 1 N–H and O–H groups in total. The van der Waals surface area contributed by atoms with Crippen LogP contribution in [0.15, 0.2) is 18.2 Å². The van der Waals surface area contributed by atoms with Crippen LogP contribution < -0.4 is 4.74 Å². The first-order valence-electron chi connectivity index (χ1n) is 4.41. The van der Waals surface area contributed by atoms with Crippen LogP contribution in [0.2, 0.25) is 0 Å². The molecule has 4 nitrogen and oxygen atoms in total. The van der Waals surface area contributed by atoms with Crippen molar-refractivity contribution in [3.05, 3.63) is 29.3 Å². The van der Waals surface area contributed by atoms with Gasteiger partial charge in [0.25, 0.3) is 0 Å². The van der Waals surface area contributed by atoms with Gasteiger partial charge in [0.2, 0.25) is 0 Å². The number of rotatable bonds is 3. The molecule has 0 heterocycles. The molecule has 0 radical (unpaired) electrons. The third-order valence-corrected chi connectivity index (χ3v) is 2.22. The van der Waals surface area contributed by atoms with Crippen LogP contribution in [-0.4, -0.2) is 18.2 Å². The van der Waals surface area contributed by atoms with Gasteiger partial charge in [-0.15, -0.1) is 0 Å². The van der Waals surface area contributed by atoms with Crippen molar-refractivity contribution < 1.29 is 14.6 Å². The lowest BCUT2D eigenvalue weighted by atomic mass is 9.99. The van der Waals surface area contributed by atoms with Crippen LogP contribution in [-0.2, 0) is 4.79 Å². The lowest BCUT2D eigenvalue weighted by molar-refractivity contribution is -0.138. The standard InChI is InChI=1S/C11H11NO3/c1-7(11(13)14)8-3-4-9(6-12)10(5-8)15-2/h3-5,7H,1-2H3,(H,13,14)/t7-/m0/s1. The van der Waals surface area contributed by atoms with Gasteiger partial charge in [-0.2, -0.15) is 5.26 Å². The van der Waals surface area contributed by atoms with Crippen LogP contribution in [0.1, 0.15) is 24.0 Å². The summed E-state index contributed by atoms with van der Waals surface area (Å²) in [5.74, 6) is -1.10. The Balaban J connectivity index is 3.15. The highest BCUT2D eigenvalue weighted by Crippen LogP contribution is 2.24. The predicted octanol–water partition coefficient (Wildman–Crippen LogP) is 1.75. The third kappa shape index (κ3) is 2.26. The number of hydrogen-bond donors (Lipinski definition) is 1. The molecule has 0 fully saturated rings. The molecule has 0 aromatic heterocycles. The Morgan fingerprint density at radius 3 is 2.73 bits per heavy atom. The summed E-state index contributed by atoms with van der Waals surface area (Å²) >= 11 is 0. The number of carbonyl (C=O) groups is 1. The molecule has 0 aliphatic rings. The van der Waals surface area contributed by atoms with E-state index in [0.29, 0.717) is 16.9 Å². The van der Waals surface area contributed by atoms with E-state index in [-0.39, 0.29) is 0 Å². The fraction of sp³-hybridized carbons (Fsp3) is 0.273. The Kier molecular flexibility index (Phi) is 3.29. The Morgan fingerprint density at radius 1 is 1.60 bits per heavy atom. The summed E-state index contributed by atoms with van der Waals surface area (Å²) in [4.78, 5) is 10.7. The van der Waals surface area contributed by atoms with Gasteiger partial charge in [0.05, 0.1) is 18.6 Å². The lowest BCUT2D eigenvalue weighted by Crippen LogP contribution is -2.07. The van der Waals surface area contributed by atoms with Gasteiger partial charge in [-0.25, -0.2) is 0 Å².